The zero-order valence-corrected chi connectivity index (χ0v) is 11.9. The summed E-state index contributed by atoms with van der Waals surface area (Å²) < 4.78 is 5.49. The molecule has 1 aliphatic rings. The molecule has 0 aliphatic carbocycles. The van der Waals surface area contributed by atoms with Crippen LogP contribution in [0.3, 0.4) is 0 Å². The van der Waals surface area contributed by atoms with Crippen molar-refractivity contribution in [3.05, 3.63) is 11.8 Å². The molecular formula is C14H24N4O. The zero-order chi connectivity index (χ0) is 13.5. The summed E-state index contributed by atoms with van der Waals surface area (Å²) >= 11 is 0. The van der Waals surface area contributed by atoms with Gasteiger partial charge in [0, 0.05) is 31.5 Å². The van der Waals surface area contributed by atoms with Gasteiger partial charge in [-0.3, -0.25) is 0 Å². The van der Waals surface area contributed by atoms with Crippen molar-refractivity contribution >= 4 is 11.8 Å². The summed E-state index contributed by atoms with van der Waals surface area (Å²) in [6.45, 7) is 7.72. The Morgan fingerprint density at radius 3 is 3.00 bits per heavy atom. The van der Waals surface area contributed by atoms with Crippen LogP contribution >= 0.6 is 0 Å². The molecule has 0 aromatic carbocycles. The lowest BCUT2D eigenvalue weighted by Crippen LogP contribution is -2.24. The minimum atomic E-state index is 0.594. The van der Waals surface area contributed by atoms with Crippen molar-refractivity contribution in [1.82, 2.24) is 9.97 Å². The molecule has 2 N–H and O–H groups in total. The molecule has 2 rings (SSSR count). The van der Waals surface area contributed by atoms with Crippen LogP contribution in [-0.2, 0) is 4.74 Å². The van der Waals surface area contributed by atoms with Crippen molar-refractivity contribution in [1.29, 1.82) is 0 Å². The van der Waals surface area contributed by atoms with Crippen molar-refractivity contribution < 1.29 is 4.74 Å². The molecule has 1 saturated heterocycles. The van der Waals surface area contributed by atoms with E-state index in [1.807, 2.05) is 13.0 Å². The van der Waals surface area contributed by atoms with E-state index in [1.54, 1.807) is 0 Å². The van der Waals surface area contributed by atoms with Crippen molar-refractivity contribution in [3.8, 4) is 0 Å². The molecule has 2 heterocycles. The summed E-state index contributed by atoms with van der Waals surface area (Å²) in [5.74, 6) is 2.21. The first-order chi connectivity index (χ1) is 9.28. The number of hydrogen-bond donors (Lipinski definition) is 2. The molecule has 1 atom stereocenters. The molecule has 0 amide bonds. The van der Waals surface area contributed by atoms with E-state index in [0.29, 0.717) is 11.9 Å². The Morgan fingerprint density at radius 1 is 1.37 bits per heavy atom. The molecule has 1 fully saturated rings. The zero-order valence-electron chi connectivity index (χ0n) is 11.9. The quantitative estimate of drug-likeness (QED) is 0.826. The summed E-state index contributed by atoms with van der Waals surface area (Å²) in [6, 6.07) is 1.99. The molecular weight excluding hydrogens is 240 g/mol. The number of aromatic nitrogens is 2. The highest BCUT2D eigenvalue weighted by atomic mass is 16.5. The highest BCUT2D eigenvalue weighted by Crippen LogP contribution is 2.15. The largest absolute Gasteiger partial charge is 0.381 e. The van der Waals surface area contributed by atoms with E-state index in [9.17, 15) is 0 Å². The maximum Gasteiger partial charge on any atom is 0.224 e. The van der Waals surface area contributed by atoms with Crippen LogP contribution in [0.4, 0.5) is 11.8 Å². The molecule has 0 saturated carbocycles. The van der Waals surface area contributed by atoms with E-state index < -0.39 is 0 Å². The molecule has 106 valence electrons. The third-order valence-corrected chi connectivity index (χ3v) is 3.21. The molecule has 19 heavy (non-hydrogen) atoms. The van der Waals surface area contributed by atoms with Gasteiger partial charge in [0.1, 0.15) is 5.82 Å². The monoisotopic (exact) mass is 264 g/mol. The first-order valence-corrected chi connectivity index (χ1v) is 7.19. The summed E-state index contributed by atoms with van der Waals surface area (Å²) in [6.07, 6.45) is 3.47. The summed E-state index contributed by atoms with van der Waals surface area (Å²) in [5.41, 5.74) is 0.982. The molecule has 1 aromatic rings. The highest BCUT2D eigenvalue weighted by molar-refractivity contribution is 5.42. The number of nitrogens with one attached hydrogen (secondary N) is 2. The van der Waals surface area contributed by atoms with Gasteiger partial charge in [-0.1, -0.05) is 6.92 Å². The van der Waals surface area contributed by atoms with Gasteiger partial charge in [0.25, 0.3) is 0 Å². The van der Waals surface area contributed by atoms with Crippen LogP contribution < -0.4 is 10.6 Å². The van der Waals surface area contributed by atoms with Gasteiger partial charge < -0.3 is 15.4 Å². The summed E-state index contributed by atoms with van der Waals surface area (Å²) in [4.78, 5) is 8.86. The Balaban J connectivity index is 1.89. The minimum absolute atomic E-state index is 0.594. The molecule has 5 nitrogen and oxygen atoms in total. The SMILES string of the molecule is CCCNc1nc(C)cc(NCC2CCCOC2)n1. The third-order valence-electron chi connectivity index (χ3n) is 3.21. The molecule has 0 radical (unpaired) electrons. The van der Waals surface area contributed by atoms with Crippen molar-refractivity contribution in [2.75, 3.05) is 36.9 Å². The van der Waals surface area contributed by atoms with E-state index in [1.165, 1.54) is 12.8 Å². The molecule has 5 heteroatoms. The van der Waals surface area contributed by atoms with Crippen LogP contribution in [0.15, 0.2) is 6.07 Å². The lowest BCUT2D eigenvalue weighted by Gasteiger charge is -2.22. The number of aryl methyl sites for hydroxylation is 1. The van der Waals surface area contributed by atoms with E-state index in [-0.39, 0.29) is 0 Å². The molecule has 0 spiro atoms. The number of rotatable bonds is 6. The van der Waals surface area contributed by atoms with Gasteiger partial charge in [0.05, 0.1) is 6.61 Å². The Hall–Kier alpha value is -1.36. The van der Waals surface area contributed by atoms with Crippen LogP contribution in [0.1, 0.15) is 31.9 Å². The van der Waals surface area contributed by atoms with Gasteiger partial charge >= 0.3 is 0 Å². The minimum Gasteiger partial charge on any atom is -0.381 e. The molecule has 1 unspecified atom stereocenters. The average molecular weight is 264 g/mol. The third kappa shape index (κ3) is 4.67. The number of ether oxygens (including phenoxy) is 1. The predicted octanol–water partition coefficient (Wildman–Crippen LogP) is 2.45. The Labute approximate surface area is 115 Å². The van der Waals surface area contributed by atoms with Gasteiger partial charge in [-0.05, 0) is 32.1 Å². The van der Waals surface area contributed by atoms with Crippen LogP contribution in [0, 0.1) is 12.8 Å². The number of hydrogen-bond acceptors (Lipinski definition) is 5. The van der Waals surface area contributed by atoms with Crippen molar-refractivity contribution in [2.45, 2.75) is 33.1 Å². The number of anilines is 2. The van der Waals surface area contributed by atoms with Crippen molar-refractivity contribution in [3.63, 3.8) is 0 Å². The summed E-state index contributed by atoms with van der Waals surface area (Å²) in [7, 11) is 0. The first kappa shape index (κ1) is 14.1. The summed E-state index contributed by atoms with van der Waals surface area (Å²) in [5, 5.41) is 6.63. The molecule has 0 bridgehead atoms. The molecule has 1 aliphatic heterocycles. The normalized spacial score (nSPS) is 19.2. The topological polar surface area (TPSA) is 59.1 Å². The predicted molar refractivity (Wildman–Crippen MR) is 77.6 cm³/mol. The van der Waals surface area contributed by atoms with Gasteiger partial charge in [-0.25, -0.2) is 4.98 Å². The standard InChI is InChI=1S/C14H24N4O/c1-3-6-15-14-17-11(2)8-13(18-14)16-9-12-5-4-7-19-10-12/h8,12H,3-7,9-10H2,1-2H3,(H2,15,16,17,18). The average Bonchev–Trinajstić information content (AvgIpc) is 2.43. The maximum atomic E-state index is 5.49. The first-order valence-electron chi connectivity index (χ1n) is 7.19. The lowest BCUT2D eigenvalue weighted by molar-refractivity contribution is 0.0595. The van der Waals surface area contributed by atoms with E-state index in [0.717, 1.165) is 44.2 Å². The van der Waals surface area contributed by atoms with Gasteiger partial charge in [0.15, 0.2) is 0 Å². The number of nitrogens with zero attached hydrogens (tertiary/aromatic N) is 2. The maximum absolute atomic E-state index is 5.49. The second-order valence-electron chi connectivity index (χ2n) is 5.11. The van der Waals surface area contributed by atoms with Gasteiger partial charge in [-0.2, -0.15) is 4.98 Å². The van der Waals surface area contributed by atoms with Crippen LogP contribution in [-0.4, -0.2) is 36.3 Å². The second kappa shape index (κ2) is 7.28. The fourth-order valence-corrected chi connectivity index (χ4v) is 2.19. The molecule has 1 aromatic heterocycles. The fraction of sp³-hybridized carbons (Fsp3) is 0.714. The Morgan fingerprint density at radius 2 is 2.26 bits per heavy atom. The van der Waals surface area contributed by atoms with Crippen LogP contribution in [0.5, 0.6) is 0 Å². The Bertz CT molecular complexity index is 391. The van der Waals surface area contributed by atoms with Crippen LogP contribution in [0.2, 0.25) is 0 Å². The lowest BCUT2D eigenvalue weighted by atomic mass is 10.0. The second-order valence-corrected chi connectivity index (χ2v) is 5.11. The highest BCUT2D eigenvalue weighted by Gasteiger charge is 2.13. The Kier molecular flexibility index (Phi) is 5.39. The van der Waals surface area contributed by atoms with Gasteiger partial charge in [0.2, 0.25) is 5.95 Å². The van der Waals surface area contributed by atoms with E-state index in [4.69, 9.17) is 4.74 Å². The van der Waals surface area contributed by atoms with Crippen molar-refractivity contribution in [2.24, 2.45) is 5.92 Å². The van der Waals surface area contributed by atoms with E-state index >= 15 is 0 Å². The van der Waals surface area contributed by atoms with Crippen LogP contribution in [0.25, 0.3) is 0 Å². The fourth-order valence-electron chi connectivity index (χ4n) is 2.19. The smallest absolute Gasteiger partial charge is 0.224 e. The van der Waals surface area contributed by atoms with Gasteiger partial charge in [-0.15, -0.1) is 0 Å². The van der Waals surface area contributed by atoms with E-state index in [2.05, 4.69) is 27.5 Å².